The highest BCUT2D eigenvalue weighted by Crippen LogP contribution is 2.38. The second-order valence-electron chi connectivity index (χ2n) is 7.53. The smallest absolute Gasteiger partial charge is 0.335 e. The van der Waals surface area contributed by atoms with Gasteiger partial charge in [-0.05, 0) is 36.2 Å². The molecule has 0 radical (unpaired) electrons. The van der Waals surface area contributed by atoms with Gasteiger partial charge in [0.05, 0.1) is 10.9 Å². The first-order chi connectivity index (χ1) is 15.6. The summed E-state index contributed by atoms with van der Waals surface area (Å²) in [6, 6.07) is 12.2. The van der Waals surface area contributed by atoms with E-state index >= 15 is 0 Å². The highest BCUT2D eigenvalue weighted by Gasteiger charge is 2.50. The Bertz CT molecular complexity index is 1220. The average molecular weight is 453 g/mol. The molecular weight excluding hydrogens is 430 g/mol. The summed E-state index contributed by atoms with van der Waals surface area (Å²) < 4.78 is 0. The molecule has 3 aromatic rings. The molecule has 0 saturated carbocycles. The van der Waals surface area contributed by atoms with Gasteiger partial charge in [-0.25, -0.2) is 19.8 Å². The summed E-state index contributed by atoms with van der Waals surface area (Å²) >= 11 is 0. The second kappa shape index (κ2) is 9.09. The second-order valence-corrected chi connectivity index (χ2v) is 7.53. The van der Waals surface area contributed by atoms with Gasteiger partial charge in [-0.1, -0.05) is 24.3 Å². The highest BCUT2D eigenvalue weighted by molar-refractivity contribution is 5.98. The molecule has 0 saturated heterocycles. The molecule has 0 aliphatic rings. The summed E-state index contributed by atoms with van der Waals surface area (Å²) in [4.78, 5) is 45.5. The molecule has 0 spiro atoms. The molecule has 1 amide bonds. The molecule has 3 rings (SSSR count). The number of rotatable bonds is 8. The standard InChI is InChI=1S/C22H23N5O6/c1-26(2)27(19(31)13-6-4-3-5-7-13)22(20(32)33,11-10-17(28)29)14-8-9-16-15(12-14)18(30)25-21(23)24-16/h3-9,12H,10-11H2,1-2H3,(H,28,29)(H,32,33)(H3,23,24,25,30)/t22-/m1/s1. The van der Waals surface area contributed by atoms with Gasteiger partial charge in [0.1, 0.15) is 0 Å². The predicted molar refractivity (Wildman–Crippen MR) is 118 cm³/mol. The maximum Gasteiger partial charge on any atom is 0.335 e. The van der Waals surface area contributed by atoms with Gasteiger partial charge in [-0.15, -0.1) is 0 Å². The van der Waals surface area contributed by atoms with E-state index < -0.39 is 42.1 Å². The van der Waals surface area contributed by atoms with E-state index in [1.54, 1.807) is 18.2 Å². The van der Waals surface area contributed by atoms with Crippen molar-refractivity contribution in [3.63, 3.8) is 0 Å². The van der Waals surface area contributed by atoms with Crippen LogP contribution in [0.2, 0.25) is 0 Å². The van der Waals surface area contributed by atoms with Crippen molar-refractivity contribution in [3.8, 4) is 5.88 Å². The minimum absolute atomic E-state index is 0.0606. The fourth-order valence-electron chi connectivity index (χ4n) is 3.77. The third kappa shape index (κ3) is 4.39. The minimum Gasteiger partial charge on any atom is -0.493 e. The number of carbonyl (C=O) groups is 3. The molecule has 0 aliphatic heterocycles. The quantitative estimate of drug-likeness (QED) is 0.368. The number of anilines is 1. The van der Waals surface area contributed by atoms with E-state index in [1.165, 1.54) is 49.4 Å². The van der Waals surface area contributed by atoms with Crippen molar-refractivity contribution >= 4 is 34.7 Å². The molecule has 172 valence electrons. The van der Waals surface area contributed by atoms with E-state index in [4.69, 9.17) is 5.73 Å². The van der Waals surface area contributed by atoms with Crippen LogP contribution in [0.25, 0.3) is 10.9 Å². The van der Waals surface area contributed by atoms with Gasteiger partial charge >= 0.3 is 11.9 Å². The highest BCUT2D eigenvalue weighted by atomic mass is 16.4. The number of hydrogen-bond donors (Lipinski definition) is 4. The number of carboxylic acid groups (broad SMARTS) is 2. The van der Waals surface area contributed by atoms with Crippen LogP contribution in [-0.4, -0.2) is 67.2 Å². The largest absolute Gasteiger partial charge is 0.493 e. The molecule has 11 heteroatoms. The number of aliphatic carboxylic acids is 2. The molecule has 0 unspecified atom stereocenters. The monoisotopic (exact) mass is 453 g/mol. The Morgan fingerprint density at radius 1 is 1.03 bits per heavy atom. The van der Waals surface area contributed by atoms with Crippen LogP contribution in [0.5, 0.6) is 5.88 Å². The molecule has 2 aromatic carbocycles. The number of nitrogens with zero attached hydrogens (tertiary/aromatic N) is 4. The zero-order chi connectivity index (χ0) is 24.3. The summed E-state index contributed by atoms with van der Waals surface area (Å²) in [5.74, 6) is -3.96. The Morgan fingerprint density at radius 3 is 2.27 bits per heavy atom. The molecule has 11 nitrogen and oxygen atoms in total. The van der Waals surface area contributed by atoms with Crippen LogP contribution in [0.3, 0.4) is 0 Å². The topological polar surface area (TPSA) is 170 Å². The van der Waals surface area contributed by atoms with E-state index in [0.29, 0.717) is 0 Å². The van der Waals surface area contributed by atoms with E-state index in [0.717, 1.165) is 5.01 Å². The first-order valence-corrected chi connectivity index (χ1v) is 9.86. The van der Waals surface area contributed by atoms with Crippen molar-refractivity contribution in [1.29, 1.82) is 0 Å². The van der Waals surface area contributed by atoms with Gasteiger partial charge < -0.3 is 21.1 Å². The maximum atomic E-state index is 13.5. The van der Waals surface area contributed by atoms with Gasteiger partial charge in [0.15, 0.2) is 5.54 Å². The third-order valence-corrected chi connectivity index (χ3v) is 5.20. The van der Waals surface area contributed by atoms with Gasteiger partial charge in [-0.3, -0.25) is 9.59 Å². The number of benzene rings is 2. The number of nitrogens with two attached hydrogens (primary N) is 1. The summed E-state index contributed by atoms with van der Waals surface area (Å²) in [5, 5.41) is 32.5. The van der Waals surface area contributed by atoms with Crippen LogP contribution in [0.15, 0.2) is 48.5 Å². The maximum absolute atomic E-state index is 13.5. The van der Waals surface area contributed by atoms with Gasteiger partial charge in [0, 0.05) is 26.1 Å². The van der Waals surface area contributed by atoms with Crippen molar-refractivity contribution in [1.82, 2.24) is 20.0 Å². The normalized spacial score (nSPS) is 12.9. The minimum atomic E-state index is -2.13. The van der Waals surface area contributed by atoms with Gasteiger partial charge in [-0.2, -0.15) is 4.98 Å². The van der Waals surface area contributed by atoms with Gasteiger partial charge in [0.25, 0.3) is 5.91 Å². The zero-order valence-corrected chi connectivity index (χ0v) is 18.0. The van der Waals surface area contributed by atoms with Crippen LogP contribution >= 0.6 is 0 Å². The van der Waals surface area contributed by atoms with Crippen LogP contribution in [0.4, 0.5) is 5.95 Å². The molecule has 1 aromatic heterocycles. The lowest BCUT2D eigenvalue weighted by molar-refractivity contribution is -0.162. The Kier molecular flexibility index (Phi) is 6.45. The van der Waals surface area contributed by atoms with Crippen molar-refractivity contribution in [2.45, 2.75) is 18.4 Å². The summed E-state index contributed by atoms with van der Waals surface area (Å²) in [6.07, 6.45) is -0.989. The van der Waals surface area contributed by atoms with Crippen LogP contribution in [-0.2, 0) is 15.1 Å². The van der Waals surface area contributed by atoms with Crippen LogP contribution < -0.4 is 5.73 Å². The fraction of sp³-hybridized carbons (Fsp3) is 0.227. The number of carboxylic acids is 2. The Hall–Kier alpha value is -4.25. The summed E-state index contributed by atoms with van der Waals surface area (Å²) in [5.41, 5.74) is 3.97. The van der Waals surface area contributed by atoms with Gasteiger partial charge in [0.2, 0.25) is 11.8 Å². The van der Waals surface area contributed by atoms with E-state index in [9.17, 15) is 29.7 Å². The van der Waals surface area contributed by atoms with Crippen LogP contribution in [0, 0.1) is 0 Å². The number of fused-ring (bicyclic) bond motifs is 1. The SMILES string of the molecule is CN(C)N(C(=O)c1ccccc1)[C@@](CCC(=O)O)(C(=O)O)c1ccc2nc(N)nc(O)c2c1. The molecule has 0 bridgehead atoms. The Morgan fingerprint density at radius 2 is 1.70 bits per heavy atom. The number of amides is 1. The number of nitrogen functional groups attached to an aromatic ring is 1. The van der Waals surface area contributed by atoms with Crippen molar-refractivity contribution in [3.05, 3.63) is 59.7 Å². The lowest BCUT2D eigenvalue weighted by Gasteiger charge is -2.44. The molecule has 5 N–H and O–H groups in total. The zero-order valence-electron chi connectivity index (χ0n) is 18.0. The average Bonchev–Trinajstić information content (AvgIpc) is 2.76. The molecular formula is C22H23N5O6. The number of hydrazine groups is 1. The number of hydrogen-bond acceptors (Lipinski definition) is 8. The van der Waals surface area contributed by atoms with Crippen molar-refractivity contribution in [2.75, 3.05) is 19.8 Å². The summed E-state index contributed by atoms with van der Waals surface area (Å²) in [6.45, 7) is 0. The van der Waals surface area contributed by atoms with E-state index in [2.05, 4.69) is 9.97 Å². The molecule has 1 heterocycles. The Labute approximate surface area is 188 Å². The fourth-order valence-corrected chi connectivity index (χ4v) is 3.77. The lowest BCUT2D eigenvalue weighted by atomic mass is 9.83. The molecule has 0 fully saturated rings. The summed E-state index contributed by atoms with van der Waals surface area (Å²) in [7, 11) is 2.98. The number of aromatic hydroxyl groups is 1. The lowest BCUT2D eigenvalue weighted by Crippen LogP contribution is -2.60. The number of carbonyl (C=O) groups excluding carboxylic acids is 1. The number of aromatic nitrogens is 2. The molecule has 0 aliphatic carbocycles. The molecule has 33 heavy (non-hydrogen) atoms. The predicted octanol–water partition coefficient (Wildman–Crippen LogP) is 1.68. The van der Waals surface area contributed by atoms with Crippen LogP contribution in [0.1, 0.15) is 28.8 Å². The first kappa shape index (κ1) is 23.4. The van der Waals surface area contributed by atoms with E-state index in [-0.39, 0.29) is 28.0 Å². The van der Waals surface area contributed by atoms with Crippen molar-refractivity contribution < 1.29 is 29.7 Å². The Balaban J connectivity index is 2.31. The van der Waals surface area contributed by atoms with Crippen molar-refractivity contribution in [2.24, 2.45) is 0 Å². The third-order valence-electron chi connectivity index (χ3n) is 5.20. The first-order valence-electron chi connectivity index (χ1n) is 9.86. The molecule has 1 atom stereocenters. The van der Waals surface area contributed by atoms with E-state index in [1.807, 2.05) is 0 Å².